The third-order valence-corrected chi connectivity index (χ3v) is 7.14. The van der Waals surface area contributed by atoms with Crippen LogP contribution in [0, 0.1) is 5.92 Å². The second kappa shape index (κ2) is 7.41. The minimum absolute atomic E-state index is 0.0113. The van der Waals surface area contributed by atoms with Gasteiger partial charge in [-0.3, -0.25) is 14.7 Å². The van der Waals surface area contributed by atoms with Gasteiger partial charge in [-0.25, -0.2) is 8.42 Å². The van der Waals surface area contributed by atoms with E-state index in [1.165, 1.54) is 0 Å². The van der Waals surface area contributed by atoms with Crippen molar-refractivity contribution >= 4 is 15.7 Å². The molecule has 3 rings (SSSR count). The summed E-state index contributed by atoms with van der Waals surface area (Å²) in [5.41, 5.74) is 0.490. The van der Waals surface area contributed by atoms with Gasteiger partial charge in [0, 0.05) is 19.2 Å². The fourth-order valence-electron chi connectivity index (χ4n) is 3.83. The molecule has 2 fully saturated rings. The first-order valence-corrected chi connectivity index (χ1v) is 10.8. The first-order valence-electron chi connectivity index (χ1n) is 8.97. The molecule has 7 heteroatoms. The second-order valence-corrected chi connectivity index (χ2v) is 9.88. The molecule has 138 valence electrons. The lowest BCUT2D eigenvalue weighted by Crippen LogP contribution is -2.47. The fraction of sp³-hybridized carbons (Fsp3) is 0.667. The van der Waals surface area contributed by atoms with Crippen LogP contribution >= 0.6 is 0 Å². The number of carbonyl (C=O) groups is 1. The van der Waals surface area contributed by atoms with Gasteiger partial charge in [0.05, 0.1) is 22.7 Å². The average Bonchev–Trinajstić information content (AvgIpc) is 2.83. The van der Waals surface area contributed by atoms with Crippen LogP contribution in [0.3, 0.4) is 0 Å². The third-order valence-electron chi connectivity index (χ3n) is 5.24. The topological polar surface area (TPSA) is 79.4 Å². The van der Waals surface area contributed by atoms with Crippen molar-refractivity contribution < 1.29 is 13.2 Å². The Morgan fingerprint density at radius 1 is 1.36 bits per heavy atom. The van der Waals surface area contributed by atoms with Crippen LogP contribution in [-0.4, -0.2) is 54.3 Å². The van der Waals surface area contributed by atoms with E-state index in [0.717, 1.165) is 38.2 Å². The van der Waals surface area contributed by atoms with E-state index in [2.05, 4.69) is 15.2 Å². The zero-order valence-electron chi connectivity index (χ0n) is 14.8. The van der Waals surface area contributed by atoms with Crippen molar-refractivity contribution in [3.8, 4) is 0 Å². The zero-order chi connectivity index (χ0) is 17.9. The lowest BCUT2D eigenvalue weighted by Gasteiger charge is -2.32. The Morgan fingerprint density at radius 2 is 2.12 bits per heavy atom. The van der Waals surface area contributed by atoms with Crippen molar-refractivity contribution in [2.45, 2.75) is 44.7 Å². The van der Waals surface area contributed by atoms with Crippen LogP contribution in [0.25, 0.3) is 0 Å². The van der Waals surface area contributed by atoms with Crippen LogP contribution in [0.4, 0.5) is 0 Å². The smallest absolute Gasteiger partial charge is 0.220 e. The number of piperidine rings is 1. The Morgan fingerprint density at radius 3 is 2.72 bits per heavy atom. The number of likely N-dealkylation sites (tertiary alicyclic amines) is 1. The Balaban J connectivity index is 1.42. The molecular formula is C18H27N3O3S. The SMILES string of the molecule is C[C@]1(NC(=O)CC2CCN(Cc3ccccn3)CC2)CCS(=O)(=O)C1. The molecule has 0 spiro atoms. The van der Waals surface area contributed by atoms with Crippen molar-refractivity contribution in [3.63, 3.8) is 0 Å². The summed E-state index contributed by atoms with van der Waals surface area (Å²) >= 11 is 0. The summed E-state index contributed by atoms with van der Waals surface area (Å²) in [5, 5.41) is 2.97. The maximum Gasteiger partial charge on any atom is 0.220 e. The number of nitrogens with one attached hydrogen (secondary N) is 1. The van der Waals surface area contributed by atoms with Gasteiger partial charge < -0.3 is 5.32 Å². The van der Waals surface area contributed by atoms with E-state index < -0.39 is 15.4 Å². The molecule has 2 saturated heterocycles. The highest BCUT2D eigenvalue weighted by atomic mass is 32.2. The van der Waals surface area contributed by atoms with E-state index in [4.69, 9.17) is 0 Å². The summed E-state index contributed by atoms with van der Waals surface area (Å²) in [6.07, 6.45) is 4.82. The Kier molecular flexibility index (Phi) is 5.43. The van der Waals surface area contributed by atoms with Gasteiger partial charge in [0.1, 0.15) is 0 Å². The van der Waals surface area contributed by atoms with Crippen molar-refractivity contribution in [1.29, 1.82) is 0 Å². The number of aromatic nitrogens is 1. The molecule has 3 heterocycles. The molecule has 0 aromatic carbocycles. The quantitative estimate of drug-likeness (QED) is 0.853. The summed E-state index contributed by atoms with van der Waals surface area (Å²) in [5.74, 6) is 0.605. The van der Waals surface area contributed by atoms with E-state index in [9.17, 15) is 13.2 Å². The van der Waals surface area contributed by atoms with Gasteiger partial charge in [-0.2, -0.15) is 0 Å². The first-order chi connectivity index (χ1) is 11.8. The van der Waals surface area contributed by atoms with E-state index >= 15 is 0 Å². The third kappa shape index (κ3) is 5.25. The van der Waals surface area contributed by atoms with Crippen LogP contribution in [0.1, 0.15) is 38.3 Å². The monoisotopic (exact) mass is 365 g/mol. The van der Waals surface area contributed by atoms with Crippen molar-refractivity contribution in [3.05, 3.63) is 30.1 Å². The molecule has 25 heavy (non-hydrogen) atoms. The zero-order valence-corrected chi connectivity index (χ0v) is 15.6. The summed E-state index contributed by atoms with van der Waals surface area (Å²) in [7, 11) is -3.00. The first kappa shape index (κ1) is 18.3. The molecule has 2 aliphatic heterocycles. The van der Waals surface area contributed by atoms with Crippen LogP contribution < -0.4 is 5.32 Å². The second-order valence-electron chi connectivity index (χ2n) is 7.70. The van der Waals surface area contributed by atoms with Crippen LogP contribution in [0.2, 0.25) is 0 Å². The van der Waals surface area contributed by atoms with E-state index in [0.29, 0.717) is 18.8 Å². The highest BCUT2D eigenvalue weighted by Crippen LogP contribution is 2.25. The predicted molar refractivity (Wildman–Crippen MR) is 96.7 cm³/mol. The van der Waals surface area contributed by atoms with Crippen molar-refractivity contribution in [1.82, 2.24) is 15.2 Å². The number of carbonyl (C=O) groups excluding carboxylic acids is 1. The molecule has 1 atom stereocenters. The number of pyridine rings is 1. The number of hydrogen-bond acceptors (Lipinski definition) is 5. The molecule has 6 nitrogen and oxygen atoms in total. The normalized spacial score (nSPS) is 27.2. The standard InChI is InChI=1S/C18H27N3O3S/c1-18(7-11-25(23,24)14-18)20-17(22)12-15-5-9-21(10-6-15)13-16-4-2-3-8-19-16/h2-4,8,15H,5-7,9-14H2,1H3,(H,20,22)/t18-/m0/s1. The number of hydrogen-bond donors (Lipinski definition) is 1. The summed E-state index contributed by atoms with van der Waals surface area (Å²) in [6, 6.07) is 5.96. The molecule has 0 bridgehead atoms. The molecule has 2 aliphatic rings. The number of sulfone groups is 1. The summed E-state index contributed by atoms with van der Waals surface area (Å²) < 4.78 is 23.3. The van der Waals surface area contributed by atoms with Crippen LogP contribution in [0.5, 0.6) is 0 Å². The lowest BCUT2D eigenvalue weighted by molar-refractivity contribution is -0.123. The van der Waals surface area contributed by atoms with Gasteiger partial charge in [-0.1, -0.05) is 6.07 Å². The average molecular weight is 365 g/mol. The number of amides is 1. The van der Waals surface area contributed by atoms with E-state index in [1.807, 2.05) is 31.3 Å². The summed E-state index contributed by atoms with van der Waals surface area (Å²) in [6.45, 7) is 4.64. The van der Waals surface area contributed by atoms with Crippen LogP contribution in [0.15, 0.2) is 24.4 Å². The highest BCUT2D eigenvalue weighted by molar-refractivity contribution is 7.91. The molecule has 0 aliphatic carbocycles. The minimum atomic E-state index is -3.00. The lowest BCUT2D eigenvalue weighted by atomic mass is 9.92. The van der Waals surface area contributed by atoms with Gasteiger partial charge in [-0.15, -0.1) is 0 Å². The number of rotatable bonds is 5. The molecule has 1 aromatic heterocycles. The molecule has 1 N–H and O–H groups in total. The largest absolute Gasteiger partial charge is 0.350 e. The fourth-order valence-corrected chi connectivity index (χ4v) is 5.92. The Labute approximate surface area is 149 Å². The summed E-state index contributed by atoms with van der Waals surface area (Å²) in [4.78, 5) is 19.1. The van der Waals surface area contributed by atoms with Gasteiger partial charge in [0.15, 0.2) is 9.84 Å². The maximum atomic E-state index is 12.3. The minimum Gasteiger partial charge on any atom is -0.350 e. The van der Waals surface area contributed by atoms with E-state index in [-0.39, 0.29) is 17.4 Å². The number of nitrogens with zero attached hydrogens (tertiary/aromatic N) is 2. The molecule has 1 amide bonds. The molecule has 0 unspecified atom stereocenters. The van der Waals surface area contributed by atoms with Gasteiger partial charge >= 0.3 is 0 Å². The van der Waals surface area contributed by atoms with Crippen molar-refractivity contribution in [2.75, 3.05) is 24.6 Å². The highest BCUT2D eigenvalue weighted by Gasteiger charge is 2.39. The Bertz CT molecular complexity index is 700. The van der Waals surface area contributed by atoms with Gasteiger partial charge in [0.25, 0.3) is 0 Å². The van der Waals surface area contributed by atoms with Crippen LogP contribution in [-0.2, 0) is 21.2 Å². The van der Waals surface area contributed by atoms with E-state index in [1.54, 1.807) is 0 Å². The maximum absolute atomic E-state index is 12.3. The Hall–Kier alpha value is -1.47. The van der Waals surface area contributed by atoms with Gasteiger partial charge in [-0.05, 0) is 57.3 Å². The van der Waals surface area contributed by atoms with Crippen molar-refractivity contribution in [2.24, 2.45) is 5.92 Å². The molecule has 1 aromatic rings. The molecule has 0 radical (unpaired) electrons. The molecular weight excluding hydrogens is 338 g/mol. The van der Waals surface area contributed by atoms with Gasteiger partial charge in [0.2, 0.25) is 5.91 Å². The predicted octanol–water partition coefficient (Wildman–Crippen LogP) is 1.38. The molecule has 0 saturated carbocycles.